The molecule has 2 aliphatic rings. The minimum absolute atomic E-state index is 0.169. The number of hydrogen-bond donors (Lipinski definition) is 1. The number of pyridine rings is 1. The Morgan fingerprint density at radius 1 is 1.10 bits per heavy atom. The number of aromatic amines is 1. The molecule has 1 fully saturated rings. The molecule has 0 saturated heterocycles. The van der Waals surface area contributed by atoms with Crippen LogP contribution in [0.1, 0.15) is 58.3 Å². The molecule has 1 N–H and O–H groups in total. The van der Waals surface area contributed by atoms with E-state index in [1.165, 1.54) is 0 Å². The van der Waals surface area contributed by atoms with Crippen LogP contribution in [0.25, 0.3) is 10.8 Å². The number of oxazole rings is 1. The summed E-state index contributed by atoms with van der Waals surface area (Å²) in [5.74, 6) is 1.16. The Kier molecular flexibility index (Phi) is 3.56. The van der Waals surface area contributed by atoms with Gasteiger partial charge in [0.25, 0.3) is 5.91 Å². The van der Waals surface area contributed by atoms with Gasteiger partial charge in [0.1, 0.15) is 6.04 Å². The van der Waals surface area contributed by atoms with Crippen molar-refractivity contribution in [3.05, 3.63) is 77.8 Å². The van der Waals surface area contributed by atoms with Crippen LogP contribution in [0.3, 0.4) is 0 Å². The van der Waals surface area contributed by atoms with E-state index in [0.29, 0.717) is 18.4 Å². The maximum Gasteiger partial charge on any atom is 0.292 e. The normalized spacial score (nSPS) is 18.8. The summed E-state index contributed by atoms with van der Waals surface area (Å²) in [5, 5.41) is 2.15. The van der Waals surface area contributed by atoms with Gasteiger partial charge in [0, 0.05) is 36.2 Å². The molecule has 29 heavy (non-hydrogen) atoms. The Balaban J connectivity index is 1.43. The van der Waals surface area contributed by atoms with Gasteiger partial charge in [-0.25, -0.2) is 9.97 Å². The van der Waals surface area contributed by atoms with Gasteiger partial charge in [-0.1, -0.05) is 24.3 Å². The number of aromatic nitrogens is 4. The second kappa shape index (κ2) is 6.27. The lowest BCUT2D eigenvalue weighted by Gasteiger charge is -2.34. The Hall–Kier alpha value is -3.48. The molecule has 1 saturated carbocycles. The zero-order chi connectivity index (χ0) is 19.4. The third-order valence-corrected chi connectivity index (χ3v) is 5.78. The van der Waals surface area contributed by atoms with Crippen molar-refractivity contribution in [2.24, 2.45) is 0 Å². The molecule has 1 aliphatic carbocycles. The summed E-state index contributed by atoms with van der Waals surface area (Å²) in [7, 11) is 0. The van der Waals surface area contributed by atoms with E-state index < -0.39 is 0 Å². The fraction of sp³-hybridized carbons (Fsp3) is 0.273. The minimum Gasteiger partial charge on any atom is -0.435 e. The van der Waals surface area contributed by atoms with Gasteiger partial charge in [-0.3, -0.25) is 9.78 Å². The van der Waals surface area contributed by atoms with Gasteiger partial charge in [-0.15, -0.1) is 0 Å². The van der Waals surface area contributed by atoms with E-state index in [1.807, 2.05) is 30.5 Å². The second-order valence-electron chi connectivity index (χ2n) is 7.71. The van der Waals surface area contributed by atoms with Gasteiger partial charge in [0.15, 0.2) is 5.89 Å². The summed E-state index contributed by atoms with van der Waals surface area (Å²) in [6.07, 6.45) is 7.98. The number of carbonyl (C=O) groups excluding carboxylic acids is 1. The average molecular weight is 385 g/mol. The van der Waals surface area contributed by atoms with Crippen molar-refractivity contribution in [2.45, 2.75) is 31.2 Å². The van der Waals surface area contributed by atoms with Crippen molar-refractivity contribution in [1.29, 1.82) is 0 Å². The van der Waals surface area contributed by atoms with Crippen molar-refractivity contribution >= 4 is 16.7 Å². The van der Waals surface area contributed by atoms with E-state index in [0.717, 1.165) is 47.1 Å². The number of nitrogens with one attached hydrogen (secondary N) is 1. The zero-order valence-corrected chi connectivity index (χ0v) is 15.7. The van der Waals surface area contributed by atoms with E-state index >= 15 is 0 Å². The maximum absolute atomic E-state index is 13.4. The summed E-state index contributed by atoms with van der Waals surface area (Å²) in [4.78, 5) is 31.9. The van der Waals surface area contributed by atoms with Crippen LogP contribution < -0.4 is 0 Å². The Morgan fingerprint density at radius 3 is 2.83 bits per heavy atom. The number of fused-ring (bicyclic) bond motifs is 2. The number of H-pyrrole nitrogens is 1. The van der Waals surface area contributed by atoms with Gasteiger partial charge in [0.05, 0.1) is 23.9 Å². The molecule has 3 aromatic heterocycles. The first-order valence-electron chi connectivity index (χ1n) is 9.91. The molecule has 4 aromatic rings. The summed E-state index contributed by atoms with van der Waals surface area (Å²) in [6.45, 7) is 0.562. The largest absolute Gasteiger partial charge is 0.435 e. The molecule has 0 spiro atoms. The van der Waals surface area contributed by atoms with Gasteiger partial charge >= 0.3 is 0 Å². The number of benzene rings is 1. The van der Waals surface area contributed by atoms with Crippen LogP contribution in [-0.4, -0.2) is 37.3 Å². The molecule has 1 aliphatic heterocycles. The van der Waals surface area contributed by atoms with Crippen molar-refractivity contribution in [3.8, 4) is 0 Å². The van der Waals surface area contributed by atoms with Crippen molar-refractivity contribution < 1.29 is 9.21 Å². The van der Waals surface area contributed by atoms with Crippen LogP contribution in [0.15, 0.2) is 53.5 Å². The topological polar surface area (TPSA) is 87.9 Å². The van der Waals surface area contributed by atoms with Crippen molar-refractivity contribution in [3.63, 3.8) is 0 Å². The number of imidazole rings is 1. The molecule has 0 bridgehead atoms. The fourth-order valence-corrected chi connectivity index (χ4v) is 4.09. The molecule has 1 amide bonds. The molecular formula is C22H19N5O2. The first kappa shape index (κ1) is 16.5. The van der Waals surface area contributed by atoms with Crippen LogP contribution in [-0.2, 0) is 6.42 Å². The van der Waals surface area contributed by atoms with Crippen LogP contribution in [0.5, 0.6) is 0 Å². The highest BCUT2D eigenvalue weighted by Gasteiger charge is 2.37. The molecule has 144 valence electrons. The SMILES string of the molecule is O=C(c1cnc(C2CC2)o1)N1CCc2[nH]cnc2[C@H]1c1cc2ccccc2cn1. The summed E-state index contributed by atoms with van der Waals surface area (Å²) in [5.41, 5.74) is 2.69. The number of carbonyl (C=O) groups is 1. The highest BCUT2D eigenvalue weighted by Crippen LogP contribution is 2.40. The van der Waals surface area contributed by atoms with Crippen molar-refractivity contribution in [1.82, 2.24) is 24.8 Å². The van der Waals surface area contributed by atoms with E-state index in [4.69, 9.17) is 4.42 Å². The monoisotopic (exact) mass is 385 g/mol. The first-order chi connectivity index (χ1) is 14.3. The smallest absolute Gasteiger partial charge is 0.292 e. The lowest BCUT2D eigenvalue weighted by molar-refractivity contribution is 0.0652. The molecule has 6 rings (SSSR count). The third kappa shape index (κ3) is 2.73. The Morgan fingerprint density at radius 2 is 1.97 bits per heavy atom. The van der Waals surface area contributed by atoms with Crippen LogP contribution >= 0.6 is 0 Å². The van der Waals surface area contributed by atoms with Crippen LogP contribution in [0.4, 0.5) is 0 Å². The molecule has 0 radical (unpaired) electrons. The maximum atomic E-state index is 13.4. The van der Waals surface area contributed by atoms with E-state index in [-0.39, 0.29) is 17.7 Å². The standard InChI is InChI=1S/C22H19N5O2/c28-22(18-11-24-21(29-18)13-5-6-13)27-8-7-16-19(26-12-25-16)20(27)17-9-14-3-1-2-4-15(14)10-23-17/h1-4,9-13,20H,5-8H2,(H,25,26)/t20-/m1/s1. The molecule has 4 heterocycles. The highest BCUT2D eigenvalue weighted by atomic mass is 16.4. The highest BCUT2D eigenvalue weighted by molar-refractivity contribution is 5.92. The van der Waals surface area contributed by atoms with E-state index in [9.17, 15) is 4.79 Å². The molecule has 7 nitrogen and oxygen atoms in total. The summed E-state index contributed by atoms with van der Waals surface area (Å²) < 4.78 is 5.80. The molecule has 1 aromatic carbocycles. The fourth-order valence-electron chi connectivity index (χ4n) is 4.09. The lowest BCUT2D eigenvalue weighted by Crippen LogP contribution is -2.41. The van der Waals surface area contributed by atoms with Crippen LogP contribution in [0.2, 0.25) is 0 Å². The first-order valence-corrected chi connectivity index (χ1v) is 9.91. The zero-order valence-electron chi connectivity index (χ0n) is 15.7. The lowest BCUT2D eigenvalue weighted by atomic mass is 9.97. The summed E-state index contributed by atoms with van der Waals surface area (Å²) >= 11 is 0. The quantitative estimate of drug-likeness (QED) is 0.582. The predicted octanol–water partition coefficient (Wildman–Crippen LogP) is 3.61. The van der Waals surface area contributed by atoms with Crippen molar-refractivity contribution in [2.75, 3.05) is 6.54 Å². The Bertz CT molecular complexity index is 1220. The predicted molar refractivity (Wildman–Crippen MR) is 105 cm³/mol. The average Bonchev–Trinajstić information content (AvgIpc) is 3.29. The number of hydrogen-bond acceptors (Lipinski definition) is 5. The molecular weight excluding hydrogens is 366 g/mol. The number of amides is 1. The van der Waals surface area contributed by atoms with Gasteiger partial charge in [-0.2, -0.15) is 0 Å². The van der Waals surface area contributed by atoms with Crippen LogP contribution in [0, 0.1) is 0 Å². The minimum atomic E-state index is -0.364. The molecule has 0 unspecified atom stereocenters. The van der Waals surface area contributed by atoms with E-state index in [2.05, 4.69) is 26.0 Å². The third-order valence-electron chi connectivity index (χ3n) is 5.78. The number of nitrogens with zero attached hydrogens (tertiary/aromatic N) is 4. The molecule has 7 heteroatoms. The van der Waals surface area contributed by atoms with Gasteiger partial charge in [0.2, 0.25) is 5.76 Å². The van der Waals surface area contributed by atoms with Gasteiger partial charge in [-0.05, 0) is 24.3 Å². The Labute approximate surface area is 166 Å². The summed E-state index contributed by atoms with van der Waals surface area (Å²) in [6, 6.07) is 9.76. The van der Waals surface area contributed by atoms with Gasteiger partial charge < -0.3 is 14.3 Å². The van der Waals surface area contributed by atoms with E-state index in [1.54, 1.807) is 17.4 Å². The molecule has 1 atom stereocenters. The second-order valence-corrected chi connectivity index (χ2v) is 7.71. The number of rotatable bonds is 3.